The van der Waals surface area contributed by atoms with E-state index < -0.39 is 5.97 Å². The van der Waals surface area contributed by atoms with E-state index in [1.165, 1.54) is 0 Å². The van der Waals surface area contributed by atoms with E-state index in [2.05, 4.69) is 5.32 Å². The average Bonchev–Trinajstić information content (AvgIpc) is 3.23. The van der Waals surface area contributed by atoms with Gasteiger partial charge in [0.2, 0.25) is 5.76 Å². The van der Waals surface area contributed by atoms with Crippen LogP contribution in [-0.2, 0) is 9.53 Å². The van der Waals surface area contributed by atoms with Crippen LogP contribution in [0.1, 0.15) is 30.3 Å². The molecule has 110 valence electrons. The number of hydrogen-bond donors (Lipinski definition) is 1. The first kappa shape index (κ1) is 13.7. The fourth-order valence-corrected chi connectivity index (χ4v) is 2.25. The molecular formula is C16H17NO4. The monoisotopic (exact) mass is 287 g/mol. The van der Waals surface area contributed by atoms with Crippen molar-refractivity contribution in [2.45, 2.75) is 19.8 Å². The molecule has 0 radical (unpaired) electrons. The van der Waals surface area contributed by atoms with Crippen LogP contribution in [0.15, 0.2) is 28.7 Å². The zero-order valence-corrected chi connectivity index (χ0v) is 11.8. The van der Waals surface area contributed by atoms with Gasteiger partial charge in [-0.25, -0.2) is 4.79 Å². The van der Waals surface area contributed by atoms with E-state index in [1.807, 2.05) is 12.1 Å². The highest BCUT2D eigenvalue weighted by Gasteiger charge is 2.29. The van der Waals surface area contributed by atoms with Crippen LogP contribution in [0.3, 0.4) is 0 Å². The van der Waals surface area contributed by atoms with Gasteiger partial charge in [0.05, 0.1) is 13.2 Å². The lowest BCUT2D eigenvalue weighted by molar-refractivity contribution is -0.118. The summed E-state index contributed by atoms with van der Waals surface area (Å²) < 4.78 is 10.4. The summed E-state index contributed by atoms with van der Waals surface area (Å²) in [7, 11) is 0. The van der Waals surface area contributed by atoms with Crippen molar-refractivity contribution < 1.29 is 18.7 Å². The Labute approximate surface area is 122 Å². The molecule has 5 nitrogen and oxygen atoms in total. The highest BCUT2D eigenvalue weighted by atomic mass is 16.5. The topological polar surface area (TPSA) is 68.5 Å². The van der Waals surface area contributed by atoms with Gasteiger partial charge in [-0.1, -0.05) is 6.07 Å². The number of carbonyl (C=O) groups is 2. The normalized spacial score (nSPS) is 14.1. The SMILES string of the molecule is CCOC(=O)c1cc2c(NCC(=O)C3CC3)cccc2o1. The number of hydrogen-bond acceptors (Lipinski definition) is 5. The number of ether oxygens (including phenoxy) is 1. The number of Topliss-reactive ketones (excluding diaryl/α,β-unsaturated/α-hetero) is 1. The Morgan fingerprint density at radius 3 is 2.90 bits per heavy atom. The van der Waals surface area contributed by atoms with E-state index in [0.717, 1.165) is 23.9 Å². The smallest absolute Gasteiger partial charge is 0.374 e. The second kappa shape index (κ2) is 5.60. The van der Waals surface area contributed by atoms with Crippen molar-refractivity contribution in [1.82, 2.24) is 0 Å². The van der Waals surface area contributed by atoms with Gasteiger partial charge in [0.1, 0.15) is 5.58 Å². The molecule has 21 heavy (non-hydrogen) atoms. The Hall–Kier alpha value is -2.30. The third-order valence-corrected chi connectivity index (χ3v) is 3.52. The predicted molar refractivity (Wildman–Crippen MR) is 78.4 cm³/mol. The number of ketones is 1. The zero-order valence-electron chi connectivity index (χ0n) is 11.8. The fraction of sp³-hybridized carbons (Fsp3) is 0.375. The summed E-state index contributed by atoms with van der Waals surface area (Å²) >= 11 is 0. The van der Waals surface area contributed by atoms with Crippen molar-refractivity contribution in [3.8, 4) is 0 Å². The van der Waals surface area contributed by atoms with Gasteiger partial charge in [0.15, 0.2) is 5.78 Å². The van der Waals surface area contributed by atoms with Gasteiger partial charge in [-0.3, -0.25) is 4.79 Å². The summed E-state index contributed by atoms with van der Waals surface area (Å²) in [4.78, 5) is 23.5. The van der Waals surface area contributed by atoms with E-state index in [9.17, 15) is 9.59 Å². The summed E-state index contributed by atoms with van der Waals surface area (Å²) in [5, 5.41) is 3.91. The largest absolute Gasteiger partial charge is 0.460 e. The zero-order chi connectivity index (χ0) is 14.8. The van der Waals surface area contributed by atoms with E-state index in [0.29, 0.717) is 18.7 Å². The third kappa shape index (κ3) is 2.91. The second-order valence-corrected chi connectivity index (χ2v) is 5.14. The van der Waals surface area contributed by atoms with Crippen molar-refractivity contribution in [2.24, 2.45) is 5.92 Å². The Balaban J connectivity index is 1.81. The number of nitrogens with one attached hydrogen (secondary N) is 1. The van der Waals surface area contributed by atoms with Crippen molar-refractivity contribution in [2.75, 3.05) is 18.5 Å². The Morgan fingerprint density at radius 1 is 1.38 bits per heavy atom. The van der Waals surface area contributed by atoms with Crippen molar-refractivity contribution in [1.29, 1.82) is 0 Å². The molecule has 1 aromatic heterocycles. The lowest BCUT2D eigenvalue weighted by Crippen LogP contribution is -2.15. The van der Waals surface area contributed by atoms with E-state index in [1.54, 1.807) is 19.1 Å². The number of fused-ring (bicyclic) bond motifs is 1. The molecule has 1 fully saturated rings. The quantitative estimate of drug-likeness (QED) is 0.827. The van der Waals surface area contributed by atoms with Crippen LogP contribution < -0.4 is 5.32 Å². The molecule has 0 aliphatic heterocycles. The Bertz CT molecular complexity index is 685. The van der Waals surface area contributed by atoms with Gasteiger partial charge < -0.3 is 14.5 Å². The molecule has 1 aliphatic carbocycles. The molecular weight excluding hydrogens is 270 g/mol. The summed E-state index contributed by atoms with van der Waals surface area (Å²) in [6.45, 7) is 2.36. The van der Waals surface area contributed by atoms with Gasteiger partial charge in [-0.2, -0.15) is 0 Å². The number of anilines is 1. The van der Waals surface area contributed by atoms with Crippen LogP contribution in [0.5, 0.6) is 0 Å². The highest BCUT2D eigenvalue weighted by molar-refractivity contribution is 5.98. The Morgan fingerprint density at radius 2 is 2.19 bits per heavy atom. The van der Waals surface area contributed by atoms with Crippen LogP contribution in [0, 0.1) is 5.92 Å². The predicted octanol–water partition coefficient (Wildman–Crippen LogP) is 3.00. The third-order valence-electron chi connectivity index (χ3n) is 3.52. The molecule has 1 aromatic carbocycles. The molecule has 0 bridgehead atoms. The molecule has 3 rings (SSSR count). The number of furan rings is 1. The number of carbonyl (C=O) groups excluding carboxylic acids is 2. The fourth-order valence-electron chi connectivity index (χ4n) is 2.25. The van der Waals surface area contributed by atoms with Gasteiger partial charge in [-0.05, 0) is 31.9 Å². The van der Waals surface area contributed by atoms with Crippen molar-refractivity contribution in [3.05, 3.63) is 30.0 Å². The molecule has 0 atom stereocenters. The van der Waals surface area contributed by atoms with Crippen LogP contribution in [0.25, 0.3) is 11.0 Å². The first-order valence-corrected chi connectivity index (χ1v) is 7.15. The van der Waals surface area contributed by atoms with Crippen LogP contribution in [0.2, 0.25) is 0 Å². The molecule has 1 heterocycles. The van der Waals surface area contributed by atoms with E-state index in [4.69, 9.17) is 9.15 Å². The number of esters is 1. The molecule has 1 N–H and O–H groups in total. The molecule has 5 heteroatoms. The standard InChI is InChI=1S/C16H17NO4/c1-2-20-16(19)15-8-11-12(4-3-5-14(11)21-15)17-9-13(18)10-6-7-10/h3-5,8,10,17H,2,6-7,9H2,1H3. The summed E-state index contributed by atoms with van der Waals surface area (Å²) in [6.07, 6.45) is 2.01. The summed E-state index contributed by atoms with van der Waals surface area (Å²) in [6, 6.07) is 7.13. The maximum atomic E-state index is 11.8. The minimum Gasteiger partial charge on any atom is -0.460 e. The van der Waals surface area contributed by atoms with Gasteiger partial charge in [-0.15, -0.1) is 0 Å². The number of benzene rings is 1. The van der Waals surface area contributed by atoms with Gasteiger partial charge in [0, 0.05) is 23.1 Å². The molecule has 0 spiro atoms. The van der Waals surface area contributed by atoms with Crippen molar-refractivity contribution in [3.63, 3.8) is 0 Å². The van der Waals surface area contributed by atoms with Gasteiger partial charge >= 0.3 is 5.97 Å². The first-order chi connectivity index (χ1) is 10.2. The highest BCUT2D eigenvalue weighted by Crippen LogP contribution is 2.31. The van der Waals surface area contributed by atoms with Crippen LogP contribution in [-0.4, -0.2) is 24.9 Å². The minimum atomic E-state index is -0.478. The van der Waals surface area contributed by atoms with Gasteiger partial charge in [0.25, 0.3) is 0 Å². The van der Waals surface area contributed by atoms with E-state index in [-0.39, 0.29) is 17.5 Å². The molecule has 2 aromatic rings. The van der Waals surface area contributed by atoms with Crippen molar-refractivity contribution >= 4 is 28.4 Å². The average molecular weight is 287 g/mol. The maximum Gasteiger partial charge on any atom is 0.374 e. The second-order valence-electron chi connectivity index (χ2n) is 5.14. The van der Waals surface area contributed by atoms with Crippen LogP contribution in [0.4, 0.5) is 5.69 Å². The summed E-state index contributed by atoms with van der Waals surface area (Å²) in [5.41, 5.74) is 1.39. The first-order valence-electron chi connectivity index (χ1n) is 7.15. The molecule has 0 amide bonds. The molecule has 1 saturated carbocycles. The lowest BCUT2D eigenvalue weighted by atomic mass is 10.2. The summed E-state index contributed by atoms with van der Waals surface area (Å²) in [5.74, 6) is 0.167. The molecule has 0 saturated heterocycles. The Kier molecular flexibility index (Phi) is 3.64. The van der Waals surface area contributed by atoms with E-state index >= 15 is 0 Å². The lowest BCUT2D eigenvalue weighted by Gasteiger charge is -2.05. The molecule has 1 aliphatic rings. The maximum absolute atomic E-state index is 11.8. The molecule has 0 unspecified atom stereocenters. The minimum absolute atomic E-state index is 0.176. The number of rotatable bonds is 6. The van der Waals surface area contributed by atoms with Crippen LogP contribution >= 0.6 is 0 Å².